The van der Waals surface area contributed by atoms with Gasteiger partial charge in [-0.3, -0.25) is 0 Å². The number of ether oxygens (including phenoxy) is 2. The fourth-order valence-corrected chi connectivity index (χ4v) is 3.36. The molecule has 0 radical (unpaired) electrons. The van der Waals surface area contributed by atoms with Crippen LogP contribution in [-0.4, -0.2) is 25.9 Å². The third-order valence-electron chi connectivity index (χ3n) is 5.13. The highest BCUT2D eigenvalue weighted by Crippen LogP contribution is 2.32. The van der Waals surface area contributed by atoms with Crippen molar-refractivity contribution in [2.45, 2.75) is 26.7 Å². The second-order valence-corrected chi connectivity index (χ2v) is 7.27. The maximum Gasteiger partial charge on any atom is 0.161 e. The first-order valence-corrected chi connectivity index (χ1v) is 9.73. The highest BCUT2D eigenvalue weighted by molar-refractivity contribution is 5.86. The lowest BCUT2D eigenvalue weighted by Crippen LogP contribution is -2.14. The van der Waals surface area contributed by atoms with Gasteiger partial charge in [0.25, 0.3) is 0 Å². The van der Waals surface area contributed by atoms with Crippen LogP contribution in [0.15, 0.2) is 46.7 Å². The Morgan fingerprint density at radius 3 is 1.73 bits per heavy atom. The molecule has 6 nitrogen and oxygen atoms in total. The molecule has 2 aromatic carbocycles. The van der Waals surface area contributed by atoms with Crippen molar-refractivity contribution in [2.75, 3.05) is 14.2 Å². The largest absolute Gasteiger partial charge is 0.493 e. The van der Waals surface area contributed by atoms with Crippen molar-refractivity contribution in [1.82, 2.24) is 0 Å². The summed E-state index contributed by atoms with van der Waals surface area (Å²) in [6.45, 7) is 4.25. The van der Waals surface area contributed by atoms with Crippen LogP contribution in [0.1, 0.15) is 33.4 Å². The van der Waals surface area contributed by atoms with Gasteiger partial charge in [0.1, 0.15) is 11.7 Å². The Balaban J connectivity index is 0.000000172. The third kappa shape index (κ3) is 4.89. The van der Waals surface area contributed by atoms with E-state index < -0.39 is 0 Å². The molecule has 0 amide bonds. The molecule has 0 aromatic heterocycles. The average molecular weight is 405 g/mol. The van der Waals surface area contributed by atoms with Gasteiger partial charge in [-0.05, 0) is 71.5 Å². The fraction of sp³-hybridized carbons (Fsp3) is 0.250. The number of benzene rings is 2. The molecule has 2 aliphatic rings. The first-order chi connectivity index (χ1) is 14.4. The van der Waals surface area contributed by atoms with E-state index in [1.807, 2.05) is 24.3 Å². The number of fused-ring (bicyclic) bond motifs is 2. The van der Waals surface area contributed by atoms with Gasteiger partial charge < -0.3 is 20.9 Å². The summed E-state index contributed by atoms with van der Waals surface area (Å²) in [6, 6.07) is 8.25. The van der Waals surface area contributed by atoms with E-state index in [1.54, 1.807) is 26.6 Å². The molecule has 2 aromatic rings. The third-order valence-corrected chi connectivity index (χ3v) is 5.13. The van der Waals surface area contributed by atoms with Crippen molar-refractivity contribution in [3.05, 3.63) is 70.0 Å². The molecular formula is C24H28N4O2. The van der Waals surface area contributed by atoms with E-state index >= 15 is 0 Å². The standard InChI is InChI=1S/C12H14N2O2.C12H14N2/c1-15-10-5-8-3-4-14-12(13)7-9(8)6-11(10)16-2;1-8-5-10-3-4-14-12(13)7-11(10)6-9(8)2/h3-6H,7H2,1-2H3,(H2,13,14);3-6H,7H2,1-2H3,(H2,13,14). The maximum atomic E-state index is 5.74. The SMILES string of the molecule is COc1cc2c(cc1OC)CC(N)=NC=C2.Cc1cc2c(cc1C)CC(N)=NC=C2. The van der Waals surface area contributed by atoms with Gasteiger partial charge in [0.15, 0.2) is 11.5 Å². The summed E-state index contributed by atoms with van der Waals surface area (Å²) in [6.07, 6.45) is 8.79. The molecule has 0 fully saturated rings. The second kappa shape index (κ2) is 9.31. The van der Waals surface area contributed by atoms with Crippen LogP contribution in [0.2, 0.25) is 0 Å². The minimum Gasteiger partial charge on any atom is -0.493 e. The number of hydrogen-bond acceptors (Lipinski definition) is 6. The van der Waals surface area contributed by atoms with Gasteiger partial charge in [-0.2, -0.15) is 0 Å². The van der Waals surface area contributed by atoms with Crippen molar-refractivity contribution in [3.8, 4) is 11.5 Å². The average Bonchev–Trinajstić information content (AvgIpc) is 3.01. The summed E-state index contributed by atoms with van der Waals surface area (Å²) in [7, 11) is 3.24. The maximum absolute atomic E-state index is 5.74. The van der Waals surface area contributed by atoms with Crippen LogP contribution in [0.25, 0.3) is 12.2 Å². The molecule has 4 rings (SSSR count). The van der Waals surface area contributed by atoms with E-state index in [2.05, 4.69) is 36.0 Å². The van der Waals surface area contributed by atoms with Crippen LogP contribution < -0.4 is 20.9 Å². The summed E-state index contributed by atoms with van der Waals surface area (Å²) >= 11 is 0. The lowest BCUT2D eigenvalue weighted by atomic mass is 9.98. The van der Waals surface area contributed by atoms with E-state index in [-0.39, 0.29) is 0 Å². The number of aliphatic imine (C=N–C) groups is 2. The lowest BCUT2D eigenvalue weighted by molar-refractivity contribution is 0.354. The van der Waals surface area contributed by atoms with Gasteiger partial charge in [0.05, 0.1) is 14.2 Å². The molecule has 0 spiro atoms. The summed E-state index contributed by atoms with van der Waals surface area (Å²) in [5, 5.41) is 0. The molecule has 0 aliphatic carbocycles. The zero-order chi connectivity index (χ0) is 21.7. The second-order valence-electron chi connectivity index (χ2n) is 7.27. The number of methoxy groups -OCH3 is 2. The Bertz CT molecular complexity index is 1070. The summed E-state index contributed by atoms with van der Waals surface area (Å²) in [4.78, 5) is 8.19. The van der Waals surface area contributed by atoms with Crippen LogP contribution in [0.3, 0.4) is 0 Å². The van der Waals surface area contributed by atoms with Crippen LogP contribution in [0.4, 0.5) is 0 Å². The zero-order valence-electron chi connectivity index (χ0n) is 17.9. The number of nitrogens with zero attached hydrogens (tertiary/aromatic N) is 2. The number of hydrogen-bond donors (Lipinski definition) is 2. The number of aryl methyl sites for hydroxylation is 2. The Kier molecular flexibility index (Phi) is 6.57. The first kappa shape index (κ1) is 21.2. The van der Waals surface area contributed by atoms with Gasteiger partial charge in [0, 0.05) is 25.2 Å². The van der Waals surface area contributed by atoms with E-state index in [1.165, 1.54) is 22.3 Å². The predicted molar refractivity (Wildman–Crippen MR) is 124 cm³/mol. The molecule has 0 saturated heterocycles. The van der Waals surface area contributed by atoms with Crippen molar-refractivity contribution in [2.24, 2.45) is 21.5 Å². The summed E-state index contributed by atoms with van der Waals surface area (Å²) < 4.78 is 10.5. The van der Waals surface area contributed by atoms with Crippen LogP contribution in [-0.2, 0) is 12.8 Å². The molecule has 156 valence electrons. The number of nitrogens with two attached hydrogens (primary N) is 2. The van der Waals surface area contributed by atoms with Crippen molar-refractivity contribution in [1.29, 1.82) is 0 Å². The Labute approximate surface area is 177 Å². The zero-order valence-corrected chi connectivity index (χ0v) is 17.9. The normalized spacial score (nSPS) is 14.1. The highest BCUT2D eigenvalue weighted by Gasteiger charge is 2.12. The van der Waals surface area contributed by atoms with Crippen molar-refractivity contribution < 1.29 is 9.47 Å². The van der Waals surface area contributed by atoms with E-state index in [4.69, 9.17) is 20.9 Å². The van der Waals surface area contributed by atoms with E-state index in [0.29, 0.717) is 29.6 Å². The molecular weight excluding hydrogens is 376 g/mol. The molecule has 6 heteroatoms. The Hall–Kier alpha value is -3.54. The van der Waals surface area contributed by atoms with Crippen molar-refractivity contribution >= 4 is 23.8 Å². The van der Waals surface area contributed by atoms with Gasteiger partial charge in [-0.25, -0.2) is 9.98 Å². The minimum atomic E-state index is 0.599. The minimum absolute atomic E-state index is 0.599. The number of rotatable bonds is 2. The van der Waals surface area contributed by atoms with Gasteiger partial charge in [-0.1, -0.05) is 12.1 Å². The number of amidine groups is 2. The van der Waals surface area contributed by atoms with Gasteiger partial charge >= 0.3 is 0 Å². The molecule has 2 heterocycles. The summed E-state index contributed by atoms with van der Waals surface area (Å²) in [5.74, 6) is 2.71. The van der Waals surface area contributed by atoms with Crippen LogP contribution in [0, 0.1) is 13.8 Å². The quantitative estimate of drug-likeness (QED) is 0.796. The smallest absolute Gasteiger partial charge is 0.161 e. The predicted octanol–water partition coefficient (Wildman–Crippen LogP) is 3.78. The van der Waals surface area contributed by atoms with Crippen LogP contribution in [0.5, 0.6) is 11.5 Å². The van der Waals surface area contributed by atoms with Gasteiger partial charge in [-0.15, -0.1) is 0 Å². The molecule has 0 atom stereocenters. The first-order valence-electron chi connectivity index (χ1n) is 9.73. The lowest BCUT2D eigenvalue weighted by Gasteiger charge is -2.11. The van der Waals surface area contributed by atoms with Crippen molar-refractivity contribution in [3.63, 3.8) is 0 Å². The molecule has 0 saturated carbocycles. The Morgan fingerprint density at radius 1 is 0.700 bits per heavy atom. The monoisotopic (exact) mass is 404 g/mol. The van der Waals surface area contributed by atoms with E-state index in [9.17, 15) is 0 Å². The molecule has 0 unspecified atom stereocenters. The topological polar surface area (TPSA) is 95.2 Å². The molecule has 30 heavy (non-hydrogen) atoms. The summed E-state index contributed by atoms with van der Waals surface area (Å²) in [5.41, 5.74) is 18.7. The van der Waals surface area contributed by atoms with Gasteiger partial charge in [0.2, 0.25) is 0 Å². The highest BCUT2D eigenvalue weighted by atomic mass is 16.5. The molecule has 2 aliphatic heterocycles. The molecule has 4 N–H and O–H groups in total. The van der Waals surface area contributed by atoms with Crippen LogP contribution >= 0.6 is 0 Å². The molecule has 0 bridgehead atoms. The van der Waals surface area contributed by atoms with E-state index in [0.717, 1.165) is 17.5 Å². The fourth-order valence-electron chi connectivity index (χ4n) is 3.36. The Morgan fingerprint density at radius 2 is 1.17 bits per heavy atom.